The Bertz CT molecular complexity index is 333. The van der Waals surface area contributed by atoms with E-state index in [1.165, 1.54) is 0 Å². The minimum Gasteiger partial charge on any atom is -0.352 e. The molecule has 5 heteroatoms. The summed E-state index contributed by atoms with van der Waals surface area (Å²) in [4.78, 5) is 24.1. The number of amides is 2. The highest BCUT2D eigenvalue weighted by Gasteiger charge is 2.40. The van der Waals surface area contributed by atoms with E-state index >= 15 is 0 Å². The zero-order chi connectivity index (χ0) is 13.2. The van der Waals surface area contributed by atoms with Gasteiger partial charge in [-0.2, -0.15) is 0 Å². The van der Waals surface area contributed by atoms with Crippen molar-refractivity contribution in [3.63, 3.8) is 0 Å². The quantitative estimate of drug-likeness (QED) is 0.660. The molecule has 18 heavy (non-hydrogen) atoms. The van der Waals surface area contributed by atoms with Crippen molar-refractivity contribution in [2.75, 3.05) is 6.54 Å². The fourth-order valence-corrected chi connectivity index (χ4v) is 2.42. The van der Waals surface area contributed by atoms with Crippen LogP contribution in [0.15, 0.2) is 0 Å². The summed E-state index contributed by atoms with van der Waals surface area (Å²) >= 11 is 0. The molecule has 0 aromatic carbocycles. The Morgan fingerprint density at radius 2 is 2.17 bits per heavy atom. The van der Waals surface area contributed by atoms with E-state index in [0.717, 1.165) is 38.6 Å². The summed E-state index contributed by atoms with van der Waals surface area (Å²) in [7, 11) is 0. The van der Waals surface area contributed by atoms with Crippen LogP contribution >= 0.6 is 0 Å². The molecule has 2 atom stereocenters. The van der Waals surface area contributed by atoms with Crippen molar-refractivity contribution in [3.8, 4) is 0 Å². The summed E-state index contributed by atoms with van der Waals surface area (Å²) in [5.41, 5.74) is -0.464. The Kier molecular flexibility index (Phi) is 3.90. The molecule has 0 aromatic heterocycles. The first kappa shape index (κ1) is 13.3. The third kappa shape index (κ3) is 2.83. The molecule has 0 radical (unpaired) electrons. The van der Waals surface area contributed by atoms with Crippen LogP contribution in [0.1, 0.15) is 46.0 Å². The molecular weight excluding hydrogens is 230 g/mol. The first-order valence-corrected chi connectivity index (χ1v) is 6.94. The SMILES string of the molecule is CCC1(C(=O)NC(C)C(=O)NC2CC2)CCCN1. The number of carbonyl (C=O) groups is 2. The van der Waals surface area contributed by atoms with Crippen LogP contribution < -0.4 is 16.0 Å². The van der Waals surface area contributed by atoms with Gasteiger partial charge in [-0.3, -0.25) is 9.59 Å². The van der Waals surface area contributed by atoms with Gasteiger partial charge in [-0.15, -0.1) is 0 Å². The molecule has 1 heterocycles. The summed E-state index contributed by atoms with van der Waals surface area (Å²) in [5.74, 6) is -0.115. The van der Waals surface area contributed by atoms with E-state index in [4.69, 9.17) is 0 Å². The van der Waals surface area contributed by atoms with E-state index in [2.05, 4.69) is 16.0 Å². The molecule has 3 N–H and O–H groups in total. The largest absolute Gasteiger partial charge is 0.352 e. The maximum atomic E-state index is 12.3. The Balaban J connectivity index is 1.86. The third-order valence-corrected chi connectivity index (χ3v) is 3.95. The van der Waals surface area contributed by atoms with Crippen LogP contribution in [0.2, 0.25) is 0 Å². The summed E-state index contributed by atoms with van der Waals surface area (Å²) in [6, 6.07) is -0.120. The number of nitrogens with one attached hydrogen (secondary N) is 3. The van der Waals surface area contributed by atoms with E-state index in [0.29, 0.717) is 6.04 Å². The van der Waals surface area contributed by atoms with E-state index in [1.54, 1.807) is 6.92 Å². The molecule has 2 unspecified atom stereocenters. The second-order valence-electron chi connectivity index (χ2n) is 5.44. The maximum absolute atomic E-state index is 12.3. The summed E-state index contributed by atoms with van der Waals surface area (Å²) in [6.07, 6.45) is 4.76. The van der Waals surface area contributed by atoms with Gasteiger partial charge >= 0.3 is 0 Å². The Labute approximate surface area is 108 Å². The number of hydrogen-bond acceptors (Lipinski definition) is 3. The minimum atomic E-state index is -0.464. The van der Waals surface area contributed by atoms with Gasteiger partial charge in [0, 0.05) is 6.04 Å². The molecule has 102 valence electrons. The molecule has 5 nitrogen and oxygen atoms in total. The Morgan fingerprint density at radius 3 is 2.67 bits per heavy atom. The lowest BCUT2D eigenvalue weighted by Gasteiger charge is -2.28. The molecule has 1 aliphatic heterocycles. The van der Waals surface area contributed by atoms with E-state index < -0.39 is 11.6 Å². The predicted octanol–water partition coefficient (Wildman–Crippen LogP) is 0.302. The van der Waals surface area contributed by atoms with Gasteiger partial charge in [0.05, 0.1) is 5.54 Å². The van der Waals surface area contributed by atoms with E-state index in [-0.39, 0.29) is 11.8 Å². The molecule has 0 spiro atoms. The van der Waals surface area contributed by atoms with Crippen LogP contribution in [0.4, 0.5) is 0 Å². The van der Waals surface area contributed by atoms with Crippen molar-refractivity contribution in [1.29, 1.82) is 0 Å². The summed E-state index contributed by atoms with van der Waals surface area (Å²) in [6.45, 7) is 4.63. The van der Waals surface area contributed by atoms with Crippen molar-refractivity contribution in [2.24, 2.45) is 0 Å². The first-order chi connectivity index (χ1) is 8.57. The lowest BCUT2D eigenvalue weighted by Crippen LogP contribution is -2.57. The topological polar surface area (TPSA) is 70.2 Å². The average Bonchev–Trinajstić information content (AvgIpc) is 3.03. The van der Waals surface area contributed by atoms with Crippen molar-refractivity contribution in [3.05, 3.63) is 0 Å². The molecule has 1 saturated heterocycles. The fraction of sp³-hybridized carbons (Fsp3) is 0.846. The van der Waals surface area contributed by atoms with Crippen LogP contribution in [0.3, 0.4) is 0 Å². The van der Waals surface area contributed by atoms with Gasteiger partial charge in [0.15, 0.2) is 0 Å². The molecule has 2 fully saturated rings. The van der Waals surface area contributed by atoms with Gasteiger partial charge in [-0.1, -0.05) is 6.92 Å². The van der Waals surface area contributed by atoms with Crippen molar-refractivity contribution < 1.29 is 9.59 Å². The molecule has 2 rings (SSSR count). The van der Waals surface area contributed by atoms with Gasteiger partial charge in [0.25, 0.3) is 0 Å². The van der Waals surface area contributed by atoms with Crippen molar-refractivity contribution in [2.45, 2.75) is 63.6 Å². The summed E-state index contributed by atoms with van der Waals surface area (Å²) < 4.78 is 0. The Hall–Kier alpha value is -1.10. The standard InChI is InChI=1S/C13H23N3O2/c1-3-13(7-4-8-14-13)12(18)15-9(2)11(17)16-10-5-6-10/h9-10,14H,3-8H2,1-2H3,(H,15,18)(H,16,17). The average molecular weight is 253 g/mol. The predicted molar refractivity (Wildman–Crippen MR) is 69.0 cm³/mol. The highest BCUT2D eigenvalue weighted by atomic mass is 16.2. The van der Waals surface area contributed by atoms with Gasteiger partial charge in [-0.25, -0.2) is 0 Å². The second-order valence-corrected chi connectivity index (χ2v) is 5.44. The Morgan fingerprint density at radius 1 is 1.44 bits per heavy atom. The molecule has 0 aromatic rings. The van der Waals surface area contributed by atoms with Crippen LogP contribution in [-0.2, 0) is 9.59 Å². The van der Waals surface area contributed by atoms with Crippen LogP contribution in [0.5, 0.6) is 0 Å². The lowest BCUT2D eigenvalue weighted by atomic mass is 9.93. The number of hydrogen-bond donors (Lipinski definition) is 3. The van der Waals surface area contributed by atoms with Crippen molar-refractivity contribution in [1.82, 2.24) is 16.0 Å². The highest BCUT2D eigenvalue weighted by molar-refractivity contribution is 5.92. The molecule has 1 saturated carbocycles. The van der Waals surface area contributed by atoms with Gasteiger partial charge in [-0.05, 0) is 45.6 Å². The van der Waals surface area contributed by atoms with E-state index in [9.17, 15) is 9.59 Å². The number of carbonyl (C=O) groups excluding carboxylic acids is 2. The van der Waals surface area contributed by atoms with Gasteiger partial charge in [0.2, 0.25) is 11.8 Å². The van der Waals surface area contributed by atoms with E-state index in [1.807, 2.05) is 6.92 Å². The number of rotatable bonds is 5. The zero-order valence-electron chi connectivity index (χ0n) is 11.2. The minimum absolute atomic E-state index is 0.0408. The zero-order valence-corrected chi connectivity index (χ0v) is 11.2. The van der Waals surface area contributed by atoms with Crippen molar-refractivity contribution >= 4 is 11.8 Å². The summed E-state index contributed by atoms with van der Waals surface area (Å²) in [5, 5.41) is 9.01. The smallest absolute Gasteiger partial charge is 0.242 e. The highest BCUT2D eigenvalue weighted by Crippen LogP contribution is 2.23. The first-order valence-electron chi connectivity index (χ1n) is 6.94. The molecule has 1 aliphatic carbocycles. The van der Waals surface area contributed by atoms with Crippen LogP contribution in [0.25, 0.3) is 0 Å². The molecule has 0 bridgehead atoms. The van der Waals surface area contributed by atoms with Crippen LogP contribution in [-0.4, -0.2) is 36.0 Å². The van der Waals surface area contributed by atoms with Gasteiger partial charge < -0.3 is 16.0 Å². The monoisotopic (exact) mass is 253 g/mol. The lowest BCUT2D eigenvalue weighted by molar-refractivity contribution is -0.132. The van der Waals surface area contributed by atoms with Gasteiger partial charge in [0.1, 0.15) is 6.04 Å². The van der Waals surface area contributed by atoms with Crippen LogP contribution in [0, 0.1) is 0 Å². The fourth-order valence-electron chi connectivity index (χ4n) is 2.42. The normalized spacial score (nSPS) is 28.8. The molecular formula is C13H23N3O2. The molecule has 2 amide bonds. The maximum Gasteiger partial charge on any atom is 0.242 e. The molecule has 2 aliphatic rings. The third-order valence-electron chi connectivity index (χ3n) is 3.95. The second kappa shape index (κ2) is 5.26.